The Labute approximate surface area is 87.0 Å². The van der Waals surface area contributed by atoms with Gasteiger partial charge in [0.05, 0.1) is 11.3 Å². The van der Waals surface area contributed by atoms with Gasteiger partial charge in [-0.05, 0) is 0 Å². The fraction of sp³-hybridized carbons (Fsp3) is 0.250. The quantitative estimate of drug-likeness (QED) is 0.638. The Balaban J connectivity index is 3.15. The monoisotopic (exact) mass is 238 g/mol. The van der Waals surface area contributed by atoms with Crippen LogP contribution >= 0.6 is 0 Å². The van der Waals surface area contributed by atoms with Crippen LogP contribution in [0.3, 0.4) is 0 Å². The molecule has 88 valence electrons. The van der Waals surface area contributed by atoms with Crippen LogP contribution in [-0.4, -0.2) is 17.6 Å². The fourth-order valence-electron chi connectivity index (χ4n) is 1.00. The third-order valence-electron chi connectivity index (χ3n) is 1.60. The molecule has 0 saturated heterocycles. The van der Waals surface area contributed by atoms with Crippen LogP contribution in [0.1, 0.15) is 16.1 Å². The number of aromatic nitrogens is 1. The molecule has 0 amide bonds. The van der Waals surface area contributed by atoms with Gasteiger partial charge in [-0.1, -0.05) is 0 Å². The molecule has 0 aliphatic carbocycles. The molecule has 1 aromatic rings. The van der Waals surface area contributed by atoms with Crippen molar-refractivity contribution in [1.29, 1.82) is 0 Å². The smallest absolute Gasteiger partial charge is 0.388 e. The predicted octanol–water partition coefficient (Wildman–Crippen LogP) is 1.39. The molecule has 0 unspecified atom stereocenters. The van der Waals surface area contributed by atoms with Crippen molar-refractivity contribution in [2.75, 3.05) is 0 Å². The van der Waals surface area contributed by atoms with E-state index in [-0.39, 0.29) is 18.5 Å². The summed E-state index contributed by atoms with van der Waals surface area (Å²) in [5, 5.41) is 0. The Bertz CT molecular complexity index is 406. The number of hydrogen-bond donors (Lipinski definition) is 1. The minimum Gasteiger partial charge on any atom is -0.388 e. The lowest BCUT2D eigenvalue weighted by molar-refractivity contribution is -0.276. The third-order valence-corrected chi connectivity index (χ3v) is 1.60. The molecule has 0 bridgehead atoms. The summed E-state index contributed by atoms with van der Waals surface area (Å²) < 4.78 is 51.9. The molecule has 0 spiro atoms. The van der Waals surface area contributed by atoms with E-state index < -0.39 is 23.6 Å². The van der Waals surface area contributed by atoms with Crippen LogP contribution in [0.25, 0.3) is 0 Å². The van der Waals surface area contributed by atoms with Gasteiger partial charge in [-0.2, -0.15) is 0 Å². The van der Waals surface area contributed by atoms with E-state index in [4.69, 9.17) is 5.73 Å². The highest BCUT2D eigenvalue weighted by atomic mass is 19.4. The number of nitrogens with two attached hydrogens (primary N) is 1. The van der Waals surface area contributed by atoms with Gasteiger partial charge in [-0.3, -0.25) is 4.79 Å². The standard InChI is InChI=1S/C8H6F4N2O2/c9-5-1-7(16-8(10,11)12)14-6(2-13)4(5)3-15/h1,3H,2,13H2. The molecule has 8 heteroatoms. The molecule has 0 aliphatic heterocycles. The summed E-state index contributed by atoms with van der Waals surface area (Å²) in [5.41, 5.74) is 4.33. The highest BCUT2D eigenvalue weighted by Gasteiger charge is 2.32. The summed E-state index contributed by atoms with van der Waals surface area (Å²) in [5.74, 6) is -2.15. The van der Waals surface area contributed by atoms with Gasteiger partial charge in [0.1, 0.15) is 5.82 Å². The first-order valence-corrected chi connectivity index (χ1v) is 3.97. The van der Waals surface area contributed by atoms with Crippen molar-refractivity contribution in [2.24, 2.45) is 5.73 Å². The summed E-state index contributed by atoms with van der Waals surface area (Å²) in [6.45, 7) is -0.375. The number of aldehydes is 1. The summed E-state index contributed by atoms with van der Waals surface area (Å²) >= 11 is 0. The van der Waals surface area contributed by atoms with Crippen LogP contribution in [0.2, 0.25) is 0 Å². The van der Waals surface area contributed by atoms with E-state index in [0.717, 1.165) is 0 Å². The second-order valence-corrected chi connectivity index (χ2v) is 2.67. The van der Waals surface area contributed by atoms with Crippen LogP contribution < -0.4 is 10.5 Å². The first kappa shape index (κ1) is 12.4. The number of carbonyl (C=O) groups excluding carboxylic acids is 1. The third kappa shape index (κ3) is 2.89. The highest BCUT2D eigenvalue weighted by Crippen LogP contribution is 2.23. The first-order chi connectivity index (χ1) is 7.37. The summed E-state index contributed by atoms with van der Waals surface area (Å²) in [6.07, 6.45) is -4.85. The molecule has 4 nitrogen and oxygen atoms in total. The molecule has 16 heavy (non-hydrogen) atoms. The number of carbonyl (C=O) groups is 1. The average Bonchev–Trinajstić information content (AvgIpc) is 2.14. The molecule has 0 saturated carbocycles. The van der Waals surface area contributed by atoms with Gasteiger partial charge in [0.15, 0.2) is 6.29 Å². The van der Waals surface area contributed by atoms with E-state index >= 15 is 0 Å². The van der Waals surface area contributed by atoms with E-state index in [9.17, 15) is 22.4 Å². The Hall–Kier alpha value is -1.70. The lowest BCUT2D eigenvalue weighted by atomic mass is 10.2. The van der Waals surface area contributed by atoms with Crippen LogP contribution in [0, 0.1) is 5.82 Å². The van der Waals surface area contributed by atoms with Crippen molar-refractivity contribution in [3.63, 3.8) is 0 Å². The zero-order valence-corrected chi connectivity index (χ0v) is 7.71. The van der Waals surface area contributed by atoms with Crippen LogP contribution in [0.15, 0.2) is 6.07 Å². The van der Waals surface area contributed by atoms with Gasteiger partial charge in [0.2, 0.25) is 5.88 Å². The van der Waals surface area contributed by atoms with Gasteiger partial charge < -0.3 is 10.5 Å². The van der Waals surface area contributed by atoms with E-state index in [2.05, 4.69) is 9.72 Å². The maximum Gasteiger partial charge on any atom is 0.574 e. The minimum atomic E-state index is -4.98. The van der Waals surface area contributed by atoms with Gasteiger partial charge in [-0.15, -0.1) is 13.2 Å². The Morgan fingerprint density at radius 2 is 2.12 bits per heavy atom. The fourth-order valence-corrected chi connectivity index (χ4v) is 1.00. The number of halogens is 4. The Morgan fingerprint density at radius 1 is 1.50 bits per heavy atom. The van der Waals surface area contributed by atoms with Gasteiger partial charge in [-0.25, -0.2) is 9.37 Å². The van der Waals surface area contributed by atoms with Crippen molar-refractivity contribution in [3.8, 4) is 5.88 Å². The number of ether oxygens (including phenoxy) is 1. The normalized spacial score (nSPS) is 11.3. The van der Waals surface area contributed by atoms with Crippen molar-refractivity contribution in [3.05, 3.63) is 23.1 Å². The minimum absolute atomic E-state index is 0.127. The Morgan fingerprint density at radius 3 is 2.56 bits per heavy atom. The first-order valence-electron chi connectivity index (χ1n) is 3.97. The van der Waals surface area contributed by atoms with Crippen molar-refractivity contribution < 1.29 is 27.1 Å². The molecule has 0 fully saturated rings. The van der Waals surface area contributed by atoms with E-state index in [0.29, 0.717) is 6.07 Å². The van der Waals surface area contributed by atoms with Crippen LogP contribution in [0.5, 0.6) is 5.88 Å². The predicted molar refractivity (Wildman–Crippen MR) is 44.2 cm³/mol. The van der Waals surface area contributed by atoms with Gasteiger partial charge >= 0.3 is 6.36 Å². The molecule has 0 atom stereocenters. The molecular weight excluding hydrogens is 232 g/mol. The topological polar surface area (TPSA) is 65.2 Å². The van der Waals surface area contributed by atoms with Crippen molar-refractivity contribution in [2.45, 2.75) is 12.9 Å². The van der Waals surface area contributed by atoms with Crippen LogP contribution in [-0.2, 0) is 6.54 Å². The largest absolute Gasteiger partial charge is 0.574 e. The lowest BCUT2D eigenvalue weighted by Crippen LogP contribution is -2.19. The number of nitrogens with zero attached hydrogens (tertiary/aromatic N) is 1. The number of pyridine rings is 1. The van der Waals surface area contributed by atoms with E-state index in [1.807, 2.05) is 0 Å². The maximum atomic E-state index is 13.1. The molecule has 1 heterocycles. The average molecular weight is 238 g/mol. The molecule has 0 aliphatic rings. The molecule has 1 aromatic heterocycles. The van der Waals surface area contributed by atoms with E-state index in [1.54, 1.807) is 0 Å². The highest BCUT2D eigenvalue weighted by molar-refractivity contribution is 5.77. The maximum absolute atomic E-state index is 13.1. The second-order valence-electron chi connectivity index (χ2n) is 2.67. The zero-order chi connectivity index (χ0) is 12.3. The number of hydrogen-bond acceptors (Lipinski definition) is 4. The second kappa shape index (κ2) is 4.44. The molecule has 1 rings (SSSR count). The molecule has 2 N–H and O–H groups in total. The summed E-state index contributed by atoms with van der Waals surface area (Å²) in [4.78, 5) is 13.7. The van der Waals surface area contributed by atoms with Crippen molar-refractivity contribution >= 4 is 6.29 Å². The lowest BCUT2D eigenvalue weighted by Gasteiger charge is -2.10. The Kier molecular flexibility index (Phi) is 3.43. The van der Waals surface area contributed by atoms with Gasteiger partial charge in [0.25, 0.3) is 0 Å². The number of rotatable bonds is 3. The summed E-state index contributed by atoms with van der Waals surface area (Å²) in [7, 11) is 0. The molecule has 0 aromatic carbocycles. The molecular formula is C8H6F4N2O2. The number of alkyl halides is 3. The SMILES string of the molecule is NCc1nc(OC(F)(F)F)cc(F)c1C=O. The molecule has 0 radical (unpaired) electrons. The summed E-state index contributed by atoms with van der Waals surface area (Å²) in [6, 6.07) is 0.371. The van der Waals surface area contributed by atoms with Crippen molar-refractivity contribution in [1.82, 2.24) is 4.98 Å². The zero-order valence-electron chi connectivity index (χ0n) is 7.71. The van der Waals surface area contributed by atoms with Crippen LogP contribution in [0.4, 0.5) is 17.6 Å². The van der Waals surface area contributed by atoms with Gasteiger partial charge in [0, 0.05) is 12.6 Å². The van der Waals surface area contributed by atoms with E-state index in [1.165, 1.54) is 0 Å².